The van der Waals surface area contributed by atoms with Gasteiger partial charge in [0.05, 0.1) is 110 Å². The van der Waals surface area contributed by atoms with Gasteiger partial charge in [-0.05, 0) is 13.8 Å². The second-order valence-electron chi connectivity index (χ2n) is 22.4. The van der Waals surface area contributed by atoms with Crippen LogP contribution in [0.2, 0.25) is 0 Å². The van der Waals surface area contributed by atoms with Crippen molar-refractivity contribution in [3.63, 3.8) is 0 Å². The van der Waals surface area contributed by atoms with Crippen LogP contribution in [-0.4, -0.2) is 376 Å². The van der Waals surface area contributed by atoms with Gasteiger partial charge < -0.3 is 118 Å². The molecule has 0 aliphatic carbocycles. The molecule has 30 atom stereocenters. The topological polar surface area (TPSA) is 683 Å². The van der Waals surface area contributed by atoms with Crippen molar-refractivity contribution in [2.45, 2.75) is 179 Å². The lowest BCUT2D eigenvalue weighted by Gasteiger charge is -2.44. The zero-order valence-corrected chi connectivity index (χ0v) is 52.6. The number of hydrogen-bond acceptors (Lipinski definition) is 39. The van der Waals surface area contributed by atoms with Gasteiger partial charge >= 0.3 is 52.0 Å². The monoisotopic (exact) mass is 1470 g/mol. The van der Waals surface area contributed by atoms with Gasteiger partial charge in [0, 0.05) is 17.8 Å². The first-order valence-electron chi connectivity index (χ1n) is 27.8. The van der Waals surface area contributed by atoms with Gasteiger partial charge in [-0.1, -0.05) is 0 Å². The van der Waals surface area contributed by atoms with Crippen LogP contribution in [-0.2, 0) is 125 Å². The maximum absolute atomic E-state index is 12.1. The van der Waals surface area contributed by atoms with E-state index in [1.807, 2.05) is 0 Å². The molecule has 93 heavy (non-hydrogen) atoms. The van der Waals surface area contributed by atoms with Crippen molar-refractivity contribution in [1.82, 2.24) is 0 Å². The lowest BCUT2D eigenvalue weighted by atomic mass is 9.86. The maximum atomic E-state index is 12.1. The molecule has 6 rings (SSSR count). The Morgan fingerprint density at radius 1 is 0.269 bits per heavy atom. The molecule has 13 unspecified atom stereocenters. The van der Waals surface area contributed by atoms with Gasteiger partial charge in [-0.3, -0.25) is 22.8 Å². The molecule has 0 amide bonds. The Morgan fingerprint density at radius 3 is 0.925 bits per heavy atom. The molecular formula is C44H78O44S5. The first-order valence-corrected chi connectivity index (χ1v) is 34.7. The average molecular weight is 1470 g/mol. The first kappa shape index (κ1) is 80.4. The molecule has 548 valence electrons. The molecule has 6 heterocycles. The molecule has 0 radical (unpaired) electrons. The Labute approximate surface area is 530 Å². The SMILES string of the molecule is CC1O[C@@H](COC[C@@H]2C(C)O[C@@H](COC[C@H]3C(O)[C@H](COC[C@H]4C(COC[C@@H]5OC(COC[C@@H]6OC(CO)[C@H](O)[C@@H](OS(=O)(=O)O)C6O)[C@H](O)[C@@H](OS(=O)(=O)O)C5O)OC(O)C(O)[C@@H]4OS(=O)(=O)O)OC(CO)[C@@H]3O)C(O)[C@H]2OS(=O)(=O)O)C(O)[C@@H](OS(=O)(=O)O)[C@@H]1O. The average Bonchev–Trinajstić information content (AvgIpc) is 0.979. The fourth-order valence-electron chi connectivity index (χ4n) is 11.2. The predicted octanol–water partition coefficient (Wildman–Crippen LogP) is -12.0. The molecule has 0 aromatic rings. The van der Waals surface area contributed by atoms with Crippen LogP contribution in [0.3, 0.4) is 0 Å². The van der Waals surface area contributed by atoms with E-state index >= 15 is 0 Å². The van der Waals surface area contributed by atoms with Gasteiger partial charge in [-0.2, -0.15) is 42.1 Å². The molecule has 6 aliphatic heterocycles. The second kappa shape index (κ2) is 33.7. The normalized spacial score (nSPS) is 42.7. The van der Waals surface area contributed by atoms with E-state index in [9.17, 15) is 122 Å². The summed E-state index contributed by atoms with van der Waals surface area (Å²) in [6, 6.07) is 0. The van der Waals surface area contributed by atoms with Crippen LogP contribution in [0.4, 0.5) is 0 Å². The molecule has 6 fully saturated rings. The highest BCUT2D eigenvalue weighted by Gasteiger charge is 2.54. The van der Waals surface area contributed by atoms with Crippen molar-refractivity contribution in [3.8, 4) is 0 Å². The molecule has 0 spiro atoms. The fraction of sp³-hybridized carbons (Fsp3) is 1.00. The van der Waals surface area contributed by atoms with Crippen molar-refractivity contribution in [3.05, 3.63) is 0 Å². The van der Waals surface area contributed by atoms with E-state index in [1.165, 1.54) is 13.8 Å². The van der Waals surface area contributed by atoms with Crippen LogP contribution in [0.15, 0.2) is 0 Å². The fourth-order valence-corrected chi connectivity index (χ4v) is 13.8. The van der Waals surface area contributed by atoms with Gasteiger partial charge in [0.2, 0.25) is 0 Å². The third-order valence-corrected chi connectivity index (χ3v) is 18.2. The number of aliphatic hydroxyl groups is 13. The van der Waals surface area contributed by atoms with Crippen molar-refractivity contribution < 1.29 is 204 Å². The molecule has 0 aromatic heterocycles. The molecule has 49 heteroatoms. The van der Waals surface area contributed by atoms with Crippen LogP contribution in [0.1, 0.15) is 13.8 Å². The second-order valence-corrected chi connectivity index (χ2v) is 27.6. The summed E-state index contributed by atoms with van der Waals surface area (Å²) in [6.07, 6.45) is -49.7. The number of rotatable bonds is 32. The highest BCUT2D eigenvalue weighted by Crippen LogP contribution is 2.36. The van der Waals surface area contributed by atoms with Gasteiger partial charge in [0.25, 0.3) is 0 Å². The highest BCUT2D eigenvalue weighted by molar-refractivity contribution is 7.81. The molecule has 0 aromatic carbocycles. The zero-order chi connectivity index (χ0) is 69.6. The minimum atomic E-state index is -5.51. The third kappa shape index (κ3) is 22.4. The highest BCUT2D eigenvalue weighted by atomic mass is 32.3. The summed E-state index contributed by atoms with van der Waals surface area (Å²) >= 11 is 0. The predicted molar refractivity (Wildman–Crippen MR) is 286 cm³/mol. The standard InChI is InChI=1S/C44H78O44S5/c1-15-17(5-73-11-25-34(52)41(86-91(64,65)66)29(47)16(2)79-25)39(84-89(58,59)60)33(51)24(78-15)10-75-7-19-30(48)20(3-45)80-23(31(19)49)9-74-6-18-22(83-44(57)38(56)40(18)85-90(61,62)63)8-76-13-27-36(54)43(88-93(70,71)72)37(55)28(82-27)14-77-12-26-35(53)42(87-92(67,68)69)32(50)21(4-46)81-26/h15-57H,3-14H2,1-2H3,(H,58,59,60)(H,61,62,63)(H,64,65,66)(H,67,68,69)(H,70,71,72)/t15?,16?,17-,18+,19-,20?,21?,22?,23+,24+,25+,26+,27+,28?,29-,30-,31?,32+,33?,34?,35?,36?,37+,38?,39+,40-,41+,42-,43+,44?/m1/s1. The van der Waals surface area contributed by atoms with Crippen molar-refractivity contribution in [2.24, 2.45) is 17.8 Å². The van der Waals surface area contributed by atoms with Crippen molar-refractivity contribution in [2.75, 3.05) is 79.3 Å². The zero-order valence-electron chi connectivity index (χ0n) is 48.5. The van der Waals surface area contributed by atoms with E-state index < -0.39 is 314 Å². The minimum absolute atomic E-state index is 0.581. The Kier molecular flexibility index (Phi) is 29.1. The smallest absolute Gasteiger partial charge is 0.394 e. The van der Waals surface area contributed by atoms with E-state index in [2.05, 4.69) is 16.7 Å². The molecular weight excluding hydrogens is 1390 g/mol. The third-order valence-electron chi connectivity index (χ3n) is 15.9. The largest absolute Gasteiger partial charge is 0.397 e. The molecule has 6 aliphatic rings. The Morgan fingerprint density at radius 2 is 0.527 bits per heavy atom. The summed E-state index contributed by atoms with van der Waals surface area (Å²) < 4.78 is 249. The Hall–Kier alpha value is -1.61. The van der Waals surface area contributed by atoms with Gasteiger partial charge in [-0.15, -0.1) is 0 Å². The van der Waals surface area contributed by atoms with Crippen LogP contribution in [0.5, 0.6) is 0 Å². The number of ether oxygens (including phenoxy) is 11. The molecule has 44 nitrogen and oxygen atoms in total. The van der Waals surface area contributed by atoms with E-state index in [4.69, 9.17) is 65.4 Å². The summed E-state index contributed by atoms with van der Waals surface area (Å²) in [5.41, 5.74) is 0. The van der Waals surface area contributed by atoms with E-state index in [1.54, 1.807) is 0 Å². The van der Waals surface area contributed by atoms with Gasteiger partial charge in [0.1, 0.15) is 128 Å². The van der Waals surface area contributed by atoms with Crippen molar-refractivity contribution in [1.29, 1.82) is 0 Å². The van der Waals surface area contributed by atoms with Crippen LogP contribution >= 0.6 is 0 Å². The van der Waals surface area contributed by atoms with E-state index in [0.29, 0.717) is 0 Å². The lowest BCUT2D eigenvalue weighted by molar-refractivity contribution is -0.283. The molecule has 6 saturated heterocycles. The summed E-state index contributed by atoms with van der Waals surface area (Å²) in [7, 11) is -26.9. The minimum Gasteiger partial charge on any atom is -0.394 e. The maximum Gasteiger partial charge on any atom is 0.397 e. The van der Waals surface area contributed by atoms with Gasteiger partial charge in [0.15, 0.2) is 6.29 Å². The Balaban J connectivity index is 1.08. The summed E-state index contributed by atoms with van der Waals surface area (Å²) in [6.45, 7) is -6.86. The summed E-state index contributed by atoms with van der Waals surface area (Å²) in [4.78, 5) is 0. The van der Waals surface area contributed by atoms with Crippen LogP contribution in [0.25, 0.3) is 0 Å². The van der Waals surface area contributed by atoms with E-state index in [-0.39, 0.29) is 0 Å². The van der Waals surface area contributed by atoms with Crippen molar-refractivity contribution >= 4 is 52.0 Å². The number of aliphatic hydroxyl groups excluding tert-OH is 13. The van der Waals surface area contributed by atoms with Gasteiger partial charge in [-0.25, -0.2) is 20.9 Å². The first-order chi connectivity index (χ1) is 43.0. The van der Waals surface area contributed by atoms with E-state index in [0.717, 1.165) is 0 Å². The van der Waals surface area contributed by atoms with Crippen LogP contribution in [0, 0.1) is 17.8 Å². The molecule has 0 bridgehead atoms. The quantitative estimate of drug-likeness (QED) is 0.0278. The summed E-state index contributed by atoms with van der Waals surface area (Å²) in [5, 5.41) is 139. The summed E-state index contributed by atoms with van der Waals surface area (Å²) in [5.74, 6) is -4.36. The lowest BCUT2D eigenvalue weighted by Crippen LogP contribution is -2.62. The Bertz CT molecular complexity index is 2920. The van der Waals surface area contributed by atoms with Crippen LogP contribution < -0.4 is 0 Å². The molecule has 0 saturated carbocycles. The molecule has 18 N–H and O–H groups in total. The number of hydrogen-bond donors (Lipinski definition) is 18.